The lowest BCUT2D eigenvalue weighted by atomic mass is 10.1. The van der Waals surface area contributed by atoms with Gasteiger partial charge >= 0.3 is 5.97 Å². The van der Waals surface area contributed by atoms with Gasteiger partial charge in [0.05, 0.1) is 39.3 Å². The fraction of sp³-hybridized carbons (Fsp3) is 0.0455. The number of methoxy groups -OCH3 is 1. The number of rotatable bonds is 4. The number of anilines is 1. The van der Waals surface area contributed by atoms with Crippen LogP contribution in [0.25, 0.3) is 22.4 Å². The monoisotopic (exact) mass is 439 g/mol. The Balaban J connectivity index is 1.62. The second-order valence-electron chi connectivity index (χ2n) is 6.44. The van der Waals surface area contributed by atoms with Gasteiger partial charge in [0, 0.05) is 11.3 Å². The zero-order valence-electron chi connectivity index (χ0n) is 15.7. The Kier molecular flexibility index (Phi) is 5.44. The molecule has 0 fully saturated rings. The number of carbonyl (C=O) groups is 2. The van der Waals surface area contributed by atoms with E-state index in [0.717, 1.165) is 0 Å². The number of nitrogens with one attached hydrogen (secondary N) is 2. The van der Waals surface area contributed by atoms with Gasteiger partial charge in [-0.2, -0.15) is 0 Å². The van der Waals surface area contributed by atoms with Crippen LogP contribution in [0.3, 0.4) is 0 Å². The highest BCUT2D eigenvalue weighted by atomic mass is 35.5. The Labute approximate surface area is 181 Å². The highest BCUT2D eigenvalue weighted by Gasteiger charge is 2.15. The highest BCUT2D eigenvalue weighted by molar-refractivity contribution is 6.39. The molecule has 0 aliphatic carbocycles. The predicted molar refractivity (Wildman–Crippen MR) is 117 cm³/mol. The Morgan fingerprint density at radius 2 is 1.70 bits per heavy atom. The maximum Gasteiger partial charge on any atom is 0.337 e. The first-order valence-electron chi connectivity index (χ1n) is 8.90. The Bertz CT molecular complexity index is 1260. The Morgan fingerprint density at radius 1 is 0.967 bits per heavy atom. The molecule has 6 nitrogen and oxygen atoms in total. The molecular formula is C22H15Cl2N3O3. The minimum absolute atomic E-state index is 0.328. The van der Waals surface area contributed by atoms with Crippen molar-refractivity contribution in [1.29, 1.82) is 0 Å². The summed E-state index contributed by atoms with van der Waals surface area (Å²) in [7, 11) is 1.30. The first-order chi connectivity index (χ1) is 14.5. The van der Waals surface area contributed by atoms with Gasteiger partial charge in [0.2, 0.25) is 0 Å². The molecule has 1 heterocycles. The first kappa shape index (κ1) is 19.9. The van der Waals surface area contributed by atoms with Gasteiger partial charge in [-0.05, 0) is 48.5 Å². The molecule has 0 spiro atoms. The average Bonchev–Trinajstić information content (AvgIpc) is 3.16. The van der Waals surface area contributed by atoms with Crippen molar-refractivity contribution in [3.8, 4) is 11.4 Å². The summed E-state index contributed by atoms with van der Waals surface area (Å²) in [6.07, 6.45) is 0. The van der Waals surface area contributed by atoms with E-state index < -0.39 is 5.97 Å². The van der Waals surface area contributed by atoms with Crippen LogP contribution in [0, 0.1) is 0 Å². The number of ether oxygens (including phenoxy) is 1. The van der Waals surface area contributed by atoms with Gasteiger partial charge < -0.3 is 15.0 Å². The van der Waals surface area contributed by atoms with Crippen molar-refractivity contribution in [3.63, 3.8) is 0 Å². The van der Waals surface area contributed by atoms with Crippen LogP contribution >= 0.6 is 23.2 Å². The van der Waals surface area contributed by atoms with E-state index in [1.807, 2.05) is 0 Å². The number of fused-ring (bicyclic) bond motifs is 1. The third-order valence-electron chi connectivity index (χ3n) is 4.49. The lowest BCUT2D eigenvalue weighted by molar-refractivity contribution is 0.0600. The summed E-state index contributed by atoms with van der Waals surface area (Å²) in [5.41, 5.74) is 3.19. The maximum absolute atomic E-state index is 12.7. The fourth-order valence-corrected chi connectivity index (χ4v) is 3.61. The van der Waals surface area contributed by atoms with Crippen LogP contribution in [-0.4, -0.2) is 29.0 Å². The van der Waals surface area contributed by atoms with E-state index in [9.17, 15) is 9.59 Å². The molecule has 8 heteroatoms. The van der Waals surface area contributed by atoms with Crippen LogP contribution in [0.5, 0.6) is 0 Å². The maximum atomic E-state index is 12.7. The molecule has 150 valence electrons. The predicted octanol–water partition coefficient (Wildman–Crippen LogP) is 5.58. The quantitative estimate of drug-likeness (QED) is 0.406. The Hall–Kier alpha value is -3.35. The topological polar surface area (TPSA) is 84.1 Å². The van der Waals surface area contributed by atoms with E-state index in [2.05, 4.69) is 15.3 Å². The van der Waals surface area contributed by atoms with E-state index in [1.165, 1.54) is 7.11 Å². The first-order valence-corrected chi connectivity index (χ1v) is 9.66. The van der Waals surface area contributed by atoms with Crippen LogP contribution in [0.2, 0.25) is 10.0 Å². The number of aromatic amines is 1. The fourth-order valence-electron chi connectivity index (χ4n) is 3.04. The minimum atomic E-state index is -0.476. The van der Waals surface area contributed by atoms with Crippen molar-refractivity contribution in [2.45, 2.75) is 0 Å². The molecule has 0 aliphatic heterocycles. The number of nitrogens with zero attached hydrogens (tertiary/aromatic N) is 1. The van der Waals surface area contributed by atoms with Crippen molar-refractivity contribution in [1.82, 2.24) is 9.97 Å². The van der Waals surface area contributed by atoms with Gasteiger partial charge in [-0.25, -0.2) is 9.78 Å². The summed E-state index contributed by atoms with van der Waals surface area (Å²) in [6.45, 7) is 0. The van der Waals surface area contributed by atoms with Crippen LogP contribution in [0.15, 0.2) is 60.7 Å². The zero-order valence-corrected chi connectivity index (χ0v) is 17.2. The molecular weight excluding hydrogens is 425 g/mol. The molecule has 2 N–H and O–H groups in total. The smallest absolute Gasteiger partial charge is 0.337 e. The molecule has 0 unspecified atom stereocenters. The highest BCUT2D eigenvalue weighted by Crippen LogP contribution is 2.34. The van der Waals surface area contributed by atoms with Gasteiger partial charge in [0.25, 0.3) is 5.91 Å². The third-order valence-corrected chi connectivity index (χ3v) is 5.12. The molecule has 0 radical (unpaired) electrons. The van der Waals surface area contributed by atoms with E-state index in [-0.39, 0.29) is 5.91 Å². The Morgan fingerprint density at radius 3 is 2.43 bits per heavy atom. The number of esters is 1. The molecule has 0 atom stereocenters. The number of aromatic nitrogens is 2. The van der Waals surface area contributed by atoms with Gasteiger partial charge in [0.15, 0.2) is 0 Å². The number of hydrogen-bond acceptors (Lipinski definition) is 4. The lowest BCUT2D eigenvalue weighted by Crippen LogP contribution is -2.12. The van der Waals surface area contributed by atoms with E-state index in [1.54, 1.807) is 60.7 Å². The van der Waals surface area contributed by atoms with Crippen LogP contribution in [0.1, 0.15) is 20.7 Å². The number of amides is 1. The number of imidazole rings is 1. The molecule has 0 saturated carbocycles. The molecule has 1 aromatic heterocycles. The largest absolute Gasteiger partial charge is 0.465 e. The number of halogens is 2. The van der Waals surface area contributed by atoms with Gasteiger partial charge in [-0.3, -0.25) is 4.79 Å². The molecule has 0 bridgehead atoms. The second kappa shape index (κ2) is 8.18. The summed E-state index contributed by atoms with van der Waals surface area (Å²) in [4.78, 5) is 32.0. The molecule has 4 rings (SSSR count). The van der Waals surface area contributed by atoms with Gasteiger partial charge in [-0.1, -0.05) is 35.3 Å². The standard InChI is InChI=1S/C22H15Cl2N3O3/c1-30-22(29)13-4-2-5-14(10-13)25-21(28)12-8-9-17-18(11-12)27-20(26-17)19-15(23)6-3-7-16(19)24/h2-11H,1H3,(H,25,28)(H,26,27). The molecule has 1 amide bonds. The molecule has 4 aromatic rings. The van der Waals surface area contributed by atoms with Gasteiger partial charge in [-0.15, -0.1) is 0 Å². The van der Waals surface area contributed by atoms with Crippen molar-refractivity contribution < 1.29 is 14.3 Å². The SMILES string of the molecule is COC(=O)c1cccc(NC(=O)c2ccc3nc(-c4c(Cl)cccc4Cl)[nH]c3c2)c1. The van der Waals surface area contributed by atoms with Crippen molar-refractivity contribution in [3.05, 3.63) is 81.8 Å². The van der Waals surface area contributed by atoms with Crippen molar-refractivity contribution in [2.75, 3.05) is 12.4 Å². The molecule has 0 aliphatic rings. The van der Waals surface area contributed by atoms with E-state index in [4.69, 9.17) is 27.9 Å². The summed E-state index contributed by atoms with van der Waals surface area (Å²) < 4.78 is 4.70. The molecule has 0 saturated heterocycles. The number of carbonyl (C=O) groups excluding carboxylic acids is 2. The second-order valence-corrected chi connectivity index (χ2v) is 7.25. The van der Waals surface area contributed by atoms with E-state index in [0.29, 0.717) is 49.3 Å². The third kappa shape index (κ3) is 3.87. The lowest BCUT2D eigenvalue weighted by Gasteiger charge is -2.07. The summed E-state index contributed by atoms with van der Waals surface area (Å²) in [6, 6.07) is 16.8. The van der Waals surface area contributed by atoms with Crippen LogP contribution < -0.4 is 5.32 Å². The average molecular weight is 440 g/mol. The number of benzene rings is 3. The van der Waals surface area contributed by atoms with Crippen molar-refractivity contribution >= 4 is 51.8 Å². The number of hydrogen-bond donors (Lipinski definition) is 2. The summed E-state index contributed by atoms with van der Waals surface area (Å²) in [5, 5.41) is 3.73. The van der Waals surface area contributed by atoms with Crippen LogP contribution in [-0.2, 0) is 4.74 Å². The molecule has 30 heavy (non-hydrogen) atoms. The molecule has 3 aromatic carbocycles. The van der Waals surface area contributed by atoms with Crippen LogP contribution in [0.4, 0.5) is 5.69 Å². The summed E-state index contributed by atoms with van der Waals surface area (Å²) >= 11 is 12.5. The van der Waals surface area contributed by atoms with Gasteiger partial charge in [0.1, 0.15) is 5.82 Å². The zero-order chi connectivity index (χ0) is 21.3. The number of H-pyrrole nitrogens is 1. The minimum Gasteiger partial charge on any atom is -0.465 e. The summed E-state index contributed by atoms with van der Waals surface area (Å²) in [5.74, 6) is -0.287. The van der Waals surface area contributed by atoms with Crippen molar-refractivity contribution in [2.24, 2.45) is 0 Å². The normalized spacial score (nSPS) is 10.8. The van der Waals surface area contributed by atoms with E-state index >= 15 is 0 Å².